The number of nitrogens with two attached hydrogens (primary N) is 1. The van der Waals surface area contributed by atoms with Gasteiger partial charge in [-0.05, 0) is 12.1 Å². The average molecular weight is 241 g/mol. The van der Waals surface area contributed by atoms with Crippen LogP contribution in [0.15, 0.2) is 12.1 Å². The molecule has 3 nitrogen and oxygen atoms in total. The smallest absolute Gasteiger partial charge is 0.217 e. The Labute approximate surface area is 97.8 Å². The van der Waals surface area contributed by atoms with E-state index in [9.17, 15) is 9.18 Å². The molecule has 0 aromatic heterocycles. The molecule has 0 radical (unpaired) electrons. The van der Waals surface area contributed by atoms with Crippen LogP contribution in [0, 0.1) is 17.7 Å². The van der Waals surface area contributed by atoms with E-state index in [-0.39, 0.29) is 23.2 Å². The van der Waals surface area contributed by atoms with Gasteiger partial charge in [-0.3, -0.25) is 4.79 Å². The van der Waals surface area contributed by atoms with Crippen molar-refractivity contribution in [3.8, 4) is 11.8 Å². The van der Waals surface area contributed by atoms with Crippen LogP contribution in [0.5, 0.6) is 0 Å². The summed E-state index contributed by atoms with van der Waals surface area (Å²) in [5.74, 6) is 4.50. The molecule has 84 valence electrons. The van der Waals surface area contributed by atoms with Crippen LogP contribution in [0.3, 0.4) is 0 Å². The minimum atomic E-state index is -0.601. The maximum atomic E-state index is 13.1. The lowest BCUT2D eigenvalue weighted by Crippen LogP contribution is -2.19. The fourth-order valence-corrected chi connectivity index (χ4v) is 1.20. The van der Waals surface area contributed by atoms with E-state index in [1.54, 1.807) is 0 Å². The molecule has 0 heterocycles. The van der Waals surface area contributed by atoms with Crippen molar-refractivity contribution >= 4 is 23.2 Å². The molecule has 0 aliphatic carbocycles. The van der Waals surface area contributed by atoms with Crippen molar-refractivity contribution in [3.05, 3.63) is 28.5 Å². The summed E-state index contributed by atoms with van der Waals surface area (Å²) < 4.78 is 13.1. The van der Waals surface area contributed by atoms with Gasteiger partial charge in [0.2, 0.25) is 5.91 Å². The molecule has 16 heavy (non-hydrogen) atoms. The normalized spacial score (nSPS) is 9.19. The first-order valence-corrected chi connectivity index (χ1v) is 4.86. The molecule has 5 heteroatoms. The van der Waals surface area contributed by atoms with Gasteiger partial charge >= 0.3 is 0 Å². The molecule has 0 aliphatic rings. The van der Waals surface area contributed by atoms with Gasteiger partial charge in [-0.1, -0.05) is 23.4 Å². The second-order valence-electron chi connectivity index (χ2n) is 3.06. The summed E-state index contributed by atoms with van der Waals surface area (Å²) in [6.45, 7) is 1.57. The maximum Gasteiger partial charge on any atom is 0.217 e. The van der Waals surface area contributed by atoms with E-state index in [4.69, 9.17) is 17.3 Å². The predicted octanol–water partition coefficient (Wildman–Crippen LogP) is 1.55. The Bertz CT molecular complexity index is 477. The molecule has 0 saturated heterocycles. The number of amides is 1. The van der Waals surface area contributed by atoms with E-state index < -0.39 is 5.82 Å². The lowest BCUT2D eigenvalue weighted by molar-refractivity contribution is -0.118. The molecule has 0 atom stereocenters. The van der Waals surface area contributed by atoms with E-state index in [2.05, 4.69) is 17.2 Å². The van der Waals surface area contributed by atoms with Gasteiger partial charge in [0.25, 0.3) is 0 Å². The van der Waals surface area contributed by atoms with Crippen molar-refractivity contribution in [2.24, 2.45) is 0 Å². The highest BCUT2D eigenvalue weighted by Gasteiger charge is 2.04. The molecule has 0 fully saturated rings. The fraction of sp³-hybridized carbons (Fsp3) is 0.182. The number of rotatable bonds is 1. The van der Waals surface area contributed by atoms with Gasteiger partial charge in [0.15, 0.2) is 0 Å². The molecule has 0 aliphatic heterocycles. The Morgan fingerprint density at radius 3 is 2.94 bits per heavy atom. The molecule has 3 N–H and O–H groups in total. The molecule has 0 bridgehead atoms. The summed E-state index contributed by atoms with van der Waals surface area (Å²) >= 11 is 5.65. The third-order valence-electron chi connectivity index (χ3n) is 1.74. The van der Waals surface area contributed by atoms with Crippen molar-refractivity contribution in [2.75, 3.05) is 12.3 Å². The first kappa shape index (κ1) is 12.3. The molecular weight excluding hydrogens is 231 g/mol. The van der Waals surface area contributed by atoms with E-state index in [1.807, 2.05) is 0 Å². The van der Waals surface area contributed by atoms with Gasteiger partial charge in [-0.25, -0.2) is 4.39 Å². The van der Waals surface area contributed by atoms with E-state index >= 15 is 0 Å². The van der Waals surface area contributed by atoms with Crippen LogP contribution in [-0.2, 0) is 4.79 Å². The largest absolute Gasteiger partial charge is 0.395 e. The lowest BCUT2D eigenvalue weighted by atomic mass is 10.2. The Kier molecular flexibility index (Phi) is 4.15. The molecule has 0 unspecified atom stereocenters. The zero-order chi connectivity index (χ0) is 12.1. The lowest BCUT2D eigenvalue weighted by Gasteiger charge is -2.00. The molecule has 1 aromatic carbocycles. The van der Waals surface area contributed by atoms with Gasteiger partial charge in [0.05, 0.1) is 17.8 Å². The summed E-state index contributed by atoms with van der Waals surface area (Å²) in [5, 5.41) is 2.72. The fourth-order valence-electron chi connectivity index (χ4n) is 0.996. The van der Waals surface area contributed by atoms with Crippen molar-refractivity contribution in [1.82, 2.24) is 5.32 Å². The monoisotopic (exact) mass is 240 g/mol. The summed E-state index contributed by atoms with van der Waals surface area (Å²) in [7, 11) is 0. The number of benzene rings is 1. The Morgan fingerprint density at radius 2 is 2.31 bits per heavy atom. The highest BCUT2D eigenvalue weighted by molar-refractivity contribution is 6.30. The number of hydrogen-bond donors (Lipinski definition) is 2. The third-order valence-corrected chi connectivity index (χ3v) is 1.96. The number of carbonyl (C=O) groups excluding carboxylic acids is 1. The number of nitrogen functional groups attached to an aromatic ring is 1. The van der Waals surface area contributed by atoms with Crippen LogP contribution in [0.2, 0.25) is 5.02 Å². The first-order valence-electron chi connectivity index (χ1n) is 4.48. The second-order valence-corrected chi connectivity index (χ2v) is 3.50. The van der Waals surface area contributed by atoms with Crippen molar-refractivity contribution in [3.63, 3.8) is 0 Å². The van der Waals surface area contributed by atoms with Crippen LogP contribution in [0.4, 0.5) is 10.1 Å². The van der Waals surface area contributed by atoms with Gasteiger partial charge in [0.1, 0.15) is 5.82 Å². The van der Waals surface area contributed by atoms with E-state index in [0.717, 1.165) is 6.07 Å². The summed E-state index contributed by atoms with van der Waals surface area (Å²) in [6, 6.07) is 2.59. The summed E-state index contributed by atoms with van der Waals surface area (Å²) in [6.07, 6.45) is 0. The van der Waals surface area contributed by atoms with Gasteiger partial charge < -0.3 is 11.1 Å². The molecular formula is C11H10ClFN2O. The topological polar surface area (TPSA) is 55.1 Å². The number of nitrogens with one attached hydrogen (secondary N) is 1. The van der Waals surface area contributed by atoms with Crippen molar-refractivity contribution in [2.45, 2.75) is 6.92 Å². The van der Waals surface area contributed by atoms with Crippen LogP contribution in [-0.4, -0.2) is 12.5 Å². The standard InChI is InChI=1S/C11H10ClFN2O/c1-7(16)15-4-2-3-8-5-9(12)6-10(13)11(8)14/h5-6H,4,14H2,1H3,(H,15,16). The van der Waals surface area contributed by atoms with Crippen LogP contribution in [0.1, 0.15) is 12.5 Å². The summed E-state index contributed by atoms with van der Waals surface area (Å²) in [5.41, 5.74) is 5.74. The number of anilines is 1. The number of hydrogen-bond acceptors (Lipinski definition) is 2. The molecule has 1 amide bonds. The zero-order valence-corrected chi connectivity index (χ0v) is 9.36. The highest BCUT2D eigenvalue weighted by Crippen LogP contribution is 2.20. The minimum absolute atomic E-state index is 0.0419. The second kappa shape index (κ2) is 5.38. The number of halogens is 2. The van der Waals surface area contributed by atoms with Crippen molar-refractivity contribution in [1.29, 1.82) is 0 Å². The Morgan fingerprint density at radius 1 is 1.62 bits per heavy atom. The van der Waals surface area contributed by atoms with Crippen LogP contribution in [0.25, 0.3) is 0 Å². The minimum Gasteiger partial charge on any atom is -0.395 e. The number of carbonyl (C=O) groups is 1. The maximum absolute atomic E-state index is 13.1. The van der Waals surface area contributed by atoms with Gasteiger partial charge in [-0.2, -0.15) is 0 Å². The van der Waals surface area contributed by atoms with E-state index in [0.29, 0.717) is 5.56 Å². The first-order chi connectivity index (χ1) is 7.50. The highest BCUT2D eigenvalue weighted by atomic mass is 35.5. The van der Waals surface area contributed by atoms with Crippen molar-refractivity contribution < 1.29 is 9.18 Å². The Balaban J connectivity index is 2.84. The molecule has 1 aromatic rings. The van der Waals surface area contributed by atoms with E-state index in [1.165, 1.54) is 13.0 Å². The average Bonchev–Trinajstić information content (AvgIpc) is 2.19. The quantitative estimate of drug-likeness (QED) is 0.578. The molecule has 0 spiro atoms. The zero-order valence-electron chi connectivity index (χ0n) is 8.60. The summed E-state index contributed by atoms with van der Waals surface area (Å²) in [4.78, 5) is 10.5. The van der Waals surface area contributed by atoms with Gasteiger partial charge in [-0.15, -0.1) is 0 Å². The van der Waals surface area contributed by atoms with Crippen LogP contribution >= 0.6 is 11.6 Å². The molecule has 1 rings (SSSR count). The molecule has 0 saturated carbocycles. The Hall–Kier alpha value is -1.73. The van der Waals surface area contributed by atoms with Crippen LogP contribution < -0.4 is 11.1 Å². The predicted molar refractivity (Wildman–Crippen MR) is 61.4 cm³/mol. The SMILES string of the molecule is CC(=O)NCC#Cc1cc(Cl)cc(F)c1N. The van der Waals surface area contributed by atoms with Gasteiger partial charge in [0, 0.05) is 11.9 Å². The third kappa shape index (κ3) is 3.44.